The highest BCUT2D eigenvalue weighted by Crippen LogP contribution is 2.09. The fourth-order valence-corrected chi connectivity index (χ4v) is 2.26. The van der Waals surface area contributed by atoms with Gasteiger partial charge in [0, 0.05) is 0 Å². The summed E-state index contributed by atoms with van der Waals surface area (Å²) in [6, 6.07) is 0. The van der Waals surface area contributed by atoms with Crippen LogP contribution in [0.2, 0.25) is 0 Å². The normalized spacial score (nSPS) is 11.0. The van der Waals surface area contributed by atoms with E-state index in [1.165, 1.54) is 90.1 Å². The van der Waals surface area contributed by atoms with Crippen LogP contribution in [-0.4, -0.2) is 19.6 Å². The predicted molar refractivity (Wildman–Crippen MR) is 83.0 cm³/mol. The quantitative estimate of drug-likeness (QED) is 0.430. The fraction of sp³-hybridized carbons (Fsp3) is 1.00. The predicted octanol–water partition coefficient (Wildman–Crippen LogP) is 4.24. The number of hydrogen-bond acceptors (Lipinski definition) is 2. The average Bonchev–Trinajstić information content (AvgIpc) is 2.39. The molecule has 18 heavy (non-hydrogen) atoms. The number of nitrogens with one attached hydrogen (secondary N) is 1. The first-order chi connectivity index (χ1) is 8.91. The van der Waals surface area contributed by atoms with Gasteiger partial charge in [-0.15, -0.1) is 0 Å². The molecule has 0 spiro atoms. The van der Waals surface area contributed by atoms with Gasteiger partial charge in [0.15, 0.2) is 0 Å². The topological polar surface area (TPSA) is 38.0 Å². The second-order valence-electron chi connectivity index (χ2n) is 5.43. The van der Waals surface area contributed by atoms with Gasteiger partial charge in [-0.2, -0.15) is 0 Å². The Labute approximate surface area is 115 Å². The summed E-state index contributed by atoms with van der Waals surface area (Å²) >= 11 is 0. The smallest absolute Gasteiger partial charge is 0.00489 e. The summed E-state index contributed by atoms with van der Waals surface area (Å²) in [6.07, 6.45) is 16.5. The van der Waals surface area contributed by atoms with E-state index in [1.807, 2.05) is 0 Å². The summed E-state index contributed by atoms with van der Waals surface area (Å²) in [6.45, 7) is 5.51. The Balaban J connectivity index is 2.86. The van der Waals surface area contributed by atoms with E-state index in [-0.39, 0.29) is 0 Å². The lowest BCUT2D eigenvalue weighted by Gasteiger charge is -2.04. The molecule has 3 N–H and O–H groups in total. The van der Waals surface area contributed by atoms with Gasteiger partial charge in [-0.3, -0.25) is 0 Å². The number of nitrogens with two attached hydrogens (primary N) is 1. The van der Waals surface area contributed by atoms with Crippen molar-refractivity contribution < 1.29 is 0 Å². The van der Waals surface area contributed by atoms with E-state index in [0.717, 1.165) is 6.54 Å². The molecule has 0 saturated heterocycles. The van der Waals surface area contributed by atoms with Crippen molar-refractivity contribution in [1.29, 1.82) is 0 Å². The largest absolute Gasteiger partial charge is 0.330 e. The Morgan fingerprint density at radius 3 is 1.56 bits per heavy atom. The lowest BCUT2D eigenvalue weighted by Crippen LogP contribution is -2.16. The summed E-state index contributed by atoms with van der Waals surface area (Å²) in [5, 5.41) is 3.52. The van der Waals surface area contributed by atoms with Crippen LogP contribution in [0, 0.1) is 0 Å². The van der Waals surface area contributed by atoms with Gasteiger partial charge in [0.1, 0.15) is 0 Å². The number of hydrogen-bond donors (Lipinski definition) is 2. The van der Waals surface area contributed by atoms with Crippen LogP contribution in [-0.2, 0) is 0 Å². The van der Waals surface area contributed by atoms with Crippen LogP contribution in [0.1, 0.15) is 84.0 Å². The molecule has 0 aromatic heterocycles. The minimum atomic E-state index is 0.845. The molecule has 0 heterocycles. The molecule has 0 atom stereocenters. The first-order valence-electron chi connectivity index (χ1n) is 8.32. The third kappa shape index (κ3) is 15.9. The van der Waals surface area contributed by atoms with Crippen molar-refractivity contribution in [3.05, 3.63) is 0 Å². The van der Waals surface area contributed by atoms with Crippen LogP contribution in [0.5, 0.6) is 0 Å². The summed E-state index contributed by atoms with van der Waals surface area (Å²) in [4.78, 5) is 0. The van der Waals surface area contributed by atoms with Crippen LogP contribution in [0.4, 0.5) is 0 Å². The number of rotatable bonds is 15. The maximum absolute atomic E-state index is 5.46. The molecule has 2 heteroatoms. The highest BCUT2D eigenvalue weighted by Gasteiger charge is 1.92. The van der Waals surface area contributed by atoms with Gasteiger partial charge >= 0.3 is 0 Å². The van der Waals surface area contributed by atoms with Crippen LogP contribution in [0.3, 0.4) is 0 Å². The van der Waals surface area contributed by atoms with Gasteiger partial charge in [0.25, 0.3) is 0 Å². The number of unbranched alkanes of at least 4 members (excludes halogenated alkanes) is 10. The highest BCUT2D eigenvalue weighted by atomic mass is 14.8. The SMILES string of the molecule is CCCCCCCCCCCNCCCCCN. The zero-order valence-electron chi connectivity index (χ0n) is 12.7. The molecule has 2 nitrogen and oxygen atoms in total. The van der Waals surface area contributed by atoms with Crippen molar-refractivity contribution in [2.45, 2.75) is 84.0 Å². The Morgan fingerprint density at radius 1 is 0.611 bits per heavy atom. The van der Waals surface area contributed by atoms with E-state index in [0.29, 0.717) is 0 Å². The Hall–Kier alpha value is -0.0800. The summed E-state index contributed by atoms with van der Waals surface area (Å²) in [5.41, 5.74) is 5.46. The fourth-order valence-electron chi connectivity index (χ4n) is 2.26. The molecule has 0 radical (unpaired) electrons. The van der Waals surface area contributed by atoms with E-state index in [2.05, 4.69) is 12.2 Å². The molecule has 0 bridgehead atoms. The van der Waals surface area contributed by atoms with Gasteiger partial charge in [0.2, 0.25) is 0 Å². The van der Waals surface area contributed by atoms with Crippen LogP contribution < -0.4 is 11.1 Å². The van der Waals surface area contributed by atoms with E-state index in [9.17, 15) is 0 Å². The van der Waals surface area contributed by atoms with Gasteiger partial charge in [-0.1, -0.05) is 64.7 Å². The first-order valence-corrected chi connectivity index (χ1v) is 8.32. The molecule has 0 aliphatic heterocycles. The van der Waals surface area contributed by atoms with Gasteiger partial charge in [-0.05, 0) is 38.9 Å². The molecular formula is C16H36N2. The van der Waals surface area contributed by atoms with E-state index in [4.69, 9.17) is 5.73 Å². The van der Waals surface area contributed by atoms with E-state index >= 15 is 0 Å². The van der Waals surface area contributed by atoms with Crippen LogP contribution in [0.25, 0.3) is 0 Å². The van der Waals surface area contributed by atoms with Crippen molar-refractivity contribution in [3.63, 3.8) is 0 Å². The Kier molecular flexibility index (Phi) is 16.8. The van der Waals surface area contributed by atoms with Gasteiger partial charge in [-0.25, -0.2) is 0 Å². The van der Waals surface area contributed by atoms with Gasteiger partial charge < -0.3 is 11.1 Å². The monoisotopic (exact) mass is 256 g/mol. The Bertz CT molecular complexity index is 121. The molecule has 0 aromatic carbocycles. The van der Waals surface area contributed by atoms with Crippen LogP contribution >= 0.6 is 0 Å². The zero-order valence-corrected chi connectivity index (χ0v) is 12.7. The molecule has 0 aliphatic carbocycles. The lowest BCUT2D eigenvalue weighted by atomic mass is 10.1. The summed E-state index contributed by atoms with van der Waals surface area (Å²) in [5.74, 6) is 0. The molecule has 110 valence electrons. The standard InChI is InChI=1S/C16H36N2/c1-2-3-4-5-6-7-8-9-12-15-18-16-13-10-11-14-17/h18H,2-17H2,1H3. The molecule has 0 amide bonds. The van der Waals surface area contributed by atoms with Crippen molar-refractivity contribution in [2.24, 2.45) is 5.73 Å². The minimum absolute atomic E-state index is 0.845. The molecule has 0 saturated carbocycles. The molecule has 0 unspecified atom stereocenters. The zero-order chi connectivity index (χ0) is 13.3. The second-order valence-corrected chi connectivity index (χ2v) is 5.43. The average molecular weight is 256 g/mol. The lowest BCUT2D eigenvalue weighted by molar-refractivity contribution is 0.540. The molecule has 0 rings (SSSR count). The first kappa shape index (κ1) is 17.9. The molecule has 0 aromatic rings. The molecule has 0 fully saturated rings. The van der Waals surface area contributed by atoms with E-state index < -0.39 is 0 Å². The summed E-state index contributed by atoms with van der Waals surface area (Å²) in [7, 11) is 0. The van der Waals surface area contributed by atoms with Gasteiger partial charge in [0.05, 0.1) is 0 Å². The van der Waals surface area contributed by atoms with E-state index in [1.54, 1.807) is 0 Å². The maximum Gasteiger partial charge on any atom is -0.00489 e. The van der Waals surface area contributed by atoms with Crippen LogP contribution in [0.15, 0.2) is 0 Å². The molecule has 0 aliphatic rings. The molecular weight excluding hydrogens is 220 g/mol. The Morgan fingerprint density at radius 2 is 1.06 bits per heavy atom. The van der Waals surface area contributed by atoms with Crippen molar-refractivity contribution in [3.8, 4) is 0 Å². The summed E-state index contributed by atoms with van der Waals surface area (Å²) < 4.78 is 0. The van der Waals surface area contributed by atoms with Crippen molar-refractivity contribution in [1.82, 2.24) is 5.32 Å². The maximum atomic E-state index is 5.46. The second kappa shape index (κ2) is 16.9. The minimum Gasteiger partial charge on any atom is -0.330 e. The van der Waals surface area contributed by atoms with Crippen molar-refractivity contribution in [2.75, 3.05) is 19.6 Å². The third-order valence-electron chi connectivity index (χ3n) is 3.51. The highest BCUT2D eigenvalue weighted by molar-refractivity contribution is 4.51. The third-order valence-corrected chi connectivity index (χ3v) is 3.51. The van der Waals surface area contributed by atoms with Crippen molar-refractivity contribution >= 4 is 0 Å².